The van der Waals surface area contributed by atoms with E-state index in [1.54, 1.807) is 12.1 Å². The van der Waals surface area contributed by atoms with Crippen molar-refractivity contribution >= 4 is 29.2 Å². The smallest absolute Gasteiger partial charge is 0.309 e. The highest BCUT2D eigenvalue weighted by Crippen LogP contribution is 2.24. The first kappa shape index (κ1) is 12.8. The maximum absolute atomic E-state index is 11.1. The number of benzene rings is 1. The van der Waals surface area contributed by atoms with Gasteiger partial charge in [-0.2, -0.15) is 5.26 Å². The number of nitriles is 1. The molecule has 0 heterocycles. The van der Waals surface area contributed by atoms with Crippen LogP contribution in [-0.4, -0.2) is 13.1 Å². The van der Waals surface area contributed by atoms with Crippen molar-refractivity contribution in [2.24, 2.45) is 0 Å². The molecule has 0 bridgehead atoms. The van der Waals surface area contributed by atoms with Gasteiger partial charge in [-0.25, -0.2) is 0 Å². The number of rotatable bonds is 3. The summed E-state index contributed by atoms with van der Waals surface area (Å²) in [5.74, 6) is -0.209. The Labute approximate surface area is 104 Å². The van der Waals surface area contributed by atoms with E-state index < -0.39 is 0 Å². The molecule has 84 valence electrons. The second kappa shape index (κ2) is 5.74. The first-order valence-corrected chi connectivity index (χ1v) is 5.37. The lowest BCUT2D eigenvalue weighted by atomic mass is 10.0. The summed E-state index contributed by atoms with van der Waals surface area (Å²) in [5, 5.41) is 9.30. The number of ether oxygens (including phenoxy) is 1. The van der Waals surface area contributed by atoms with E-state index >= 15 is 0 Å². The minimum Gasteiger partial charge on any atom is -0.469 e. The molecule has 0 fully saturated rings. The number of alkyl halides is 1. The van der Waals surface area contributed by atoms with Crippen LogP contribution in [0.3, 0.4) is 0 Å². The van der Waals surface area contributed by atoms with Crippen LogP contribution in [0.25, 0.3) is 0 Å². The molecule has 5 heteroatoms. The van der Waals surface area contributed by atoms with Gasteiger partial charge < -0.3 is 4.74 Å². The van der Waals surface area contributed by atoms with Crippen LogP contribution < -0.4 is 0 Å². The molecule has 0 saturated carbocycles. The molecule has 0 N–H and O–H groups in total. The molecule has 0 aliphatic heterocycles. The molecular formula is C11H9Cl2NO2. The van der Waals surface area contributed by atoms with Gasteiger partial charge in [0.25, 0.3) is 0 Å². The Morgan fingerprint density at radius 2 is 2.25 bits per heavy atom. The Morgan fingerprint density at radius 1 is 1.56 bits per heavy atom. The quantitative estimate of drug-likeness (QED) is 0.618. The van der Waals surface area contributed by atoms with Crippen molar-refractivity contribution < 1.29 is 9.53 Å². The fourth-order valence-corrected chi connectivity index (χ4v) is 1.93. The Kier molecular flexibility index (Phi) is 4.60. The van der Waals surface area contributed by atoms with Gasteiger partial charge in [0, 0.05) is 10.6 Å². The van der Waals surface area contributed by atoms with Gasteiger partial charge in [-0.3, -0.25) is 4.79 Å². The van der Waals surface area contributed by atoms with E-state index in [4.69, 9.17) is 28.5 Å². The molecule has 16 heavy (non-hydrogen) atoms. The van der Waals surface area contributed by atoms with Crippen LogP contribution in [0.15, 0.2) is 12.1 Å². The molecular weight excluding hydrogens is 249 g/mol. The van der Waals surface area contributed by atoms with E-state index in [0.717, 1.165) is 0 Å². The molecule has 0 saturated heterocycles. The molecule has 0 atom stereocenters. The first-order chi connectivity index (χ1) is 7.62. The second-order valence-corrected chi connectivity index (χ2v) is 3.78. The zero-order valence-electron chi connectivity index (χ0n) is 8.59. The summed E-state index contributed by atoms with van der Waals surface area (Å²) in [5.41, 5.74) is 1.61. The zero-order valence-corrected chi connectivity index (χ0v) is 10.1. The highest BCUT2D eigenvalue weighted by atomic mass is 35.5. The van der Waals surface area contributed by atoms with Gasteiger partial charge in [-0.1, -0.05) is 11.6 Å². The van der Waals surface area contributed by atoms with E-state index in [1.807, 2.05) is 6.07 Å². The average Bonchev–Trinajstić information content (AvgIpc) is 2.28. The minimum atomic E-state index is -0.376. The van der Waals surface area contributed by atoms with Gasteiger partial charge in [-0.15, -0.1) is 11.6 Å². The molecule has 1 aromatic rings. The van der Waals surface area contributed by atoms with Crippen LogP contribution in [-0.2, 0) is 21.8 Å². The third kappa shape index (κ3) is 2.88. The van der Waals surface area contributed by atoms with Crippen LogP contribution >= 0.6 is 23.2 Å². The highest BCUT2D eigenvalue weighted by Gasteiger charge is 2.11. The van der Waals surface area contributed by atoms with Crippen molar-refractivity contribution in [2.45, 2.75) is 12.3 Å². The van der Waals surface area contributed by atoms with Crippen LogP contribution in [0.2, 0.25) is 5.02 Å². The van der Waals surface area contributed by atoms with E-state index in [9.17, 15) is 4.79 Å². The second-order valence-electron chi connectivity index (χ2n) is 3.10. The standard InChI is InChI=1S/C11H9Cl2NO2/c1-16-11(15)4-7-2-8(6-14)9(5-12)10(13)3-7/h2-3H,4-5H2,1H3. The minimum absolute atomic E-state index is 0.0907. The number of nitrogens with zero attached hydrogens (tertiary/aromatic N) is 1. The van der Waals surface area contributed by atoms with E-state index in [2.05, 4.69) is 4.74 Å². The normalized spacial score (nSPS) is 9.62. The van der Waals surface area contributed by atoms with Crippen molar-refractivity contribution in [3.63, 3.8) is 0 Å². The van der Waals surface area contributed by atoms with Crippen LogP contribution in [0.1, 0.15) is 16.7 Å². The number of carbonyl (C=O) groups excluding carboxylic acids is 1. The van der Waals surface area contributed by atoms with Crippen molar-refractivity contribution in [3.05, 3.63) is 33.8 Å². The summed E-state index contributed by atoms with van der Waals surface area (Å²) in [6, 6.07) is 5.22. The third-order valence-electron chi connectivity index (χ3n) is 2.09. The van der Waals surface area contributed by atoms with Crippen molar-refractivity contribution in [2.75, 3.05) is 7.11 Å². The molecule has 0 unspecified atom stereocenters. The number of hydrogen-bond donors (Lipinski definition) is 0. The lowest BCUT2D eigenvalue weighted by Gasteiger charge is -2.06. The third-order valence-corrected chi connectivity index (χ3v) is 2.69. The van der Waals surface area contributed by atoms with Gasteiger partial charge in [0.2, 0.25) is 0 Å². The molecule has 0 aliphatic rings. The van der Waals surface area contributed by atoms with Crippen molar-refractivity contribution in [1.29, 1.82) is 5.26 Å². The van der Waals surface area contributed by atoms with Gasteiger partial charge in [0.15, 0.2) is 0 Å². The first-order valence-electron chi connectivity index (χ1n) is 4.46. The average molecular weight is 258 g/mol. The maximum Gasteiger partial charge on any atom is 0.309 e. The summed E-state index contributed by atoms with van der Waals surface area (Å²) in [6.07, 6.45) is 0.0907. The van der Waals surface area contributed by atoms with Crippen LogP contribution in [0.5, 0.6) is 0 Å². The zero-order chi connectivity index (χ0) is 12.1. The predicted octanol–water partition coefficient (Wildman–Crippen LogP) is 2.67. The SMILES string of the molecule is COC(=O)Cc1cc(Cl)c(CCl)c(C#N)c1. The summed E-state index contributed by atoms with van der Waals surface area (Å²) < 4.78 is 4.53. The Morgan fingerprint density at radius 3 is 2.75 bits per heavy atom. The van der Waals surface area contributed by atoms with Gasteiger partial charge >= 0.3 is 5.97 Å². The summed E-state index contributed by atoms with van der Waals surface area (Å²) >= 11 is 11.6. The number of halogens is 2. The molecule has 0 aliphatic carbocycles. The lowest BCUT2D eigenvalue weighted by molar-refractivity contribution is -0.139. The summed E-state index contributed by atoms with van der Waals surface area (Å²) in [7, 11) is 1.31. The summed E-state index contributed by atoms with van der Waals surface area (Å²) in [6.45, 7) is 0. The molecule has 3 nitrogen and oxygen atoms in total. The van der Waals surface area contributed by atoms with Gasteiger partial charge in [-0.05, 0) is 17.7 Å². The van der Waals surface area contributed by atoms with Crippen molar-refractivity contribution in [1.82, 2.24) is 0 Å². The Hall–Kier alpha value is -1.24. The molecule has 0 amide bonds. The number of esters is 1. The molecule has 0 aromatic heterocycles. The Bertz CT molecular complexity index is 452. The Balaban J connectivity index is 3.12. The highest BCUT2D eigenvalue weighted by molar-refractivity contribution is 6.32. The largest absolute Gasteiger partial charge is 0.469 e. The van der Waals surface area contributed by atoms with E-state index in [-0.39, 0.29) is 18.3 Å². The van der Waals surface area contributed by atoms with Gasteiger partial charge in [0.1, 0.15) is 0 Å². The number of carbonyl (C=O) groups is 1. The van der Waals surface area contributed by atoms with E-state index in [1.165, 1.54) is 7.11 Å². The lowest BCUT2D eigenvalue weighted by Crippen LogP contribution is -2.05. The van der Waals surface area contributed by atoms with E-state index in [0.29, 0.717) is 21.7 Å². The molecule has 1 rings (SSSR count). The predicted molar refractivity (Wildman–Crippen MR) is 61.4 cm³/mol. The van der Waals surface area contributed by atoms with Crippen molar-refractivity contribution in [3.8, 4) is 6.07 Å². The topological polar surface area (TPSA) is 50.1 Å². The number of methoxy groups -OCH3 is 1. The monoisotopic (exact) mass is 257 g/mol. The number of hydrogen-bond acceptors (Lipinski definition) is 3. The van der Waals surface area contributed by atoms with Crippen LogP contribution in [0.4, 0.5) is 0 Å². The summed E-state index contributed by atoms with van der Waals surface area (Å²) in [4.78, 5) is 11.1. The fraction of sp³-hybridized carbons (Fsp3) is 0.273. The molecule has 0 radical (unpaired) electrons. The molecule has 0 spiro atoms. The maximum atomic E-state index is 11.1. The fourth-order valence-electron chi connectivity index (χ4n) is 1.27. The van der Waals surface area contributed by atoms with Crippen LogP contribution in [0, 0.1) is 11.3 Å². The van der Waals surface area contributed by atoms with Gasteiger partial charge in [0.05, 0.1) is 31.0 Å². The molecule has 1 aromatic carbocycles.